The lowest BCUT2D eigenvalue weighted by Gasteiger charge is -2.19. The van der Waals surface area contributed by atoms with E-state index >= 15 is 0 Å². The minimum Gasteiger partial charge on any atom is -0.380 e. The van der Waals surface area contributed by atoms with Crippen molar-refractivity contribution in [1.29, 1.82) is 0 Å². The maximum Gasteiger partial charge on any atom is 0.224 e. The fourth-order valence-electron chi connectivity index (χ4n) is 1.45. The van der Waals surface area contributed by atoms with Crippen molar-refractivity contribution in [1.82, 2.24) is 9.97 Å². The highest BCUT2D eigenvalue weighted by molar-refractivity contribution is 5.43. The van der Waals surface area contributed by atoms with Gasteiger partial charge >= 0.3 is 0 Å². The Labute approximate surface area is 103 Å². The first kappa shape index (κ1) is 13.7. The lowest BCUT2D eigenvalue weighted by molar-refractivity contribution is 0.154. The summed E-state index contributed by atoms with van der Waals surface area (Å²) in [6, 6.07) is 1.98. The molecule has 0 radical (unpaired) electrons. The average Bonchev–Trinajstić information content (AvgIpc) is 2.29. The van der Waals surface area contributed by atoms with Crippen molar-refractivity contribution in [3.05, 3.63) is 11.8 Å². The van der Waals surface area contributed by atoms with Gasteiger partial charge in [-0.15, -0.1) is 0 Å². The summed E-state index contributed by atoms with van der Waals surface area (Å²) < 4.78 is 5.33. The van der Waals surface area contributed by atoms with Gasteiger partial charge in [0, 0.05) is 38.5 Å². The van der Waals surface area contributed by atoms with Gasteiger partial charge in [-0.05, 0) is 20.8 Å². The fraction of sp³-hybridized carbons (Fsp3) is 0.667. The van der Waals surface area contributed by atoms with Crippen molar-refractivity contribution >= 4 is 11.8 Å². The highest BCUT2D eigenvalue weighted by Crippen LogP contribution is 2.13. The first-order valence-electron chi connectivity index (χ1n) is 6.05. The third-order valence-electron chi connectivity index (χ3n) is 2.34. The third kappa shape index (κ3) is 4.56. The normalized spacial score (nSPS) is 10.4. The summed E-state index contributed by atoms with van der Waals surface area (Å²) in [5.74, 6) is 1.61. The van der Waals surface area contributed by atoms with Gasteiger partial charge < -0.3 is 15.0 Å². The van der Waals surface area contributed by atoms with Crippen LogP contribution in [0.2, 0.25) is 0 Å². The van der Waals surface area contributed by atoms with Crippen LogP contribution in [-0.2, 0) is 4.74 Å². The first-order valence-corrected chi connectivity index (χ1v) is 6.05. The molecule has 96 valence electrons. The van der Waals surface area contributed by atoms with Crippen LogP contribution in [-0.4, -0.2) is 43.3 Å². The second-order valence-corrected chi connectivity index (χ2v) is 3.84. The molecule has 0 aliphatic heterocycles. The number of anilines is 2. The Balaban J connectivity index is 2.67. The van der Waals surface area contributed by atoms with Gasteiger partial charge in [-0.25, -0.2) is 4.98 Å². The van der Waals surface area contributed by atoms with Gasteiger partial charge in [0.15, 0.2) is 0 Å². The van der Waals surface area contributed by atoms with Crippen LogP contribution in [0.3, 0.4) is 0 Å². The van der Waals surface area contributed by atoms with Gasteiger partial charge in [-0.2, -0.15) is 4.98 Å². The van der Waals surface area contributed by atoms with E-state index in [-0.39, 0.29) is 0 Å². The molecule has 1 rings (SSSR count). The molecule has 1 aromatic heterocycles. The number of nitrogens with one attached hydrogen (secondary N) is 1. The second-order valence-electron chi connectivity index (χ2n) is 3.84. The largest absolute Gasteiger partial charge is 0.380 e. The fourth-order valence-corrected chi connectivity index (χ4v) is 1.45. The highest BCUT2D eigenvalue weighted by Gasteiger charge is 2.06. The number of aryl methyl sites for hydroxylation is 1. The molecule has 1 N–H and O–H groups in total. The topological polar surface area (TPSA) is 50.3 Å². The quantitative estimate of drug-likeness (QED) is 0.733. The summed E-state index contributed by atoms with van der Waals surface area (Å²) in [7, 11) is 2.01. The Morgan fingerprint density at radius 1 is 1.35 bits per heavy atom. The van der Waals surface area contributed by atoms with Crippen molar-refractivity contribution in [2.45, 2.75) is 20.8 Å². The molecule has 0 amide bonds. The van der Waals surface area contributed by atoms with E-state index in [0.717, 1.165) is 31.2 Å². The summed E-state index contributed by atoms with van der Waals surface area (Å²) in [6.07, 6.45) is 0. The SMILES string of the molecule is CCNc1nc(C)cc(N(C)CCOCC)n1. The van der Waals surface area contributed by atoms with Crippen LogP contribution in [0.25, 0.3) is 0 Å². The molecule has 0 aliphatic rings. The predicted octanol–water partition coefficient (Wildman–Crippen LogP) is 1.69. The van der Waals surface area contributed by atoms with E-state index < -0.39 is 0 Å². The van der Waals surface area contributed by atoms with Gasteiger partial charge in [0.05, 0.1) is 6.61 Å². The molecule has 17 heavy (non-hydrogen) atoms. The van der Waals surface area contributed by atoms with Crippen LogP contribution in [0, 0.1) is 6.92 Å². The van der Waals surface area contributed by atoms with Crippen molar-refractivity contribution < 1.29 is 4.74 Å². The summed E-state index contributed by atoms with van der Waals surface area (Å²) in [5, 5.41) is 3.13. The first-order chi connectivity index (χ1) is 8.17. The Hall–Kier alpha value is -1.36. The minimum atomic E-state index is 0.686. The predicted molar refractivity (Wildman–Crippen MR) is 70.7 cm³/mol. The van der Waals surface area contributed by atoms with Crippen LogP contribution in [0.15, 0.2) is 6.07 Å². The van der Waals surface area contributed by atoms with Crippen LogP contribution >= 0.6 is 0 Å². The Morgan fingerprint density at radius 3 is 2.76 bits per heavy atom. The number of likely N-dealkylation sites (N-methyl/N-ethyl adjacent to an activating group) is 1. The highest BCUT2D eigenvalue weighted by atomic mass is 16.5. The van der Waals surface area contributed by atoms with Gasteiger partial charge in [0.25, 0.3) is 0 Å². The Bertz CT molecular complexity index is 343. The van der Waals surface area contributed by atoms with E-state index in [1.807, 2.05) is 33.9 Å². The Kier molecular flexibility index (Phi) is 5.69. The number of rotatable bonds is 7. The zero-order chi connectivity index (χ0) is 12.7. The van der Waals surface area contributed by atoms with Crippen molar-refractivity contribution in [3.8, 4) is 0 Å². The van der Waals surface area contributed by atoms with E-state index in [1.165, 1.54) is 0 Å². The zero-order valence-corrected chi connectivity index (χ0v) is 11.2. The summed E-state index contributed by atoms with van der Waals surface area (Å²) >= 11 is 0. The molecule has 0 bridgehead atoms. The second kappa shape index (κ2) is 7.06. The number of nitrogens with zero attached hydrogens (tertiary/aromatic N) is 3. The van der Waals surface area contributed by atoms with Gasteiger partial charge in [0.1, 0.15) is 5.82 Å². The average molecular weight is 238 g/mol. The number of hydrogen-bond donors (Lipinski definition) is 1. The molecule has 0 atom stereocenters. The summed E-state index contributed by atoms with van der Waals surface area (Å²) in [6.45, 7) is 9.12. The van der Waals surface area contributed by atoms with Crippen LogP contribution in [0.5, 0.6) is 0 Å². The molecular weight excluding hydrogens is 216 g/mol. The number of aromatic nitrogens is 2. The number of ether oxygens (including phenoxy) is 1. The summed E-state index contributed by atoms with van der Waals surface area (Å²) in [4.78, 5) is 10.8. The van der Waals surface area contributed by atoms with Gasteiger partial charge in [0.2, 0.25) is 5.95 Å². The summed E-state index contributed by atoms with van der Waals surface area (Å²) in [5.41, 5.74) is 0.967. The van der Waals surface area contributed by atoms with E-state index in [0.29, 0.717) is 12.6 Å². The van der Waals surface area contributed by atoms with E-state index in [2.05, 4.69) is 20.2 Å². The maximum absolute atomic E-state index is 5.33. The smallest absolute Gasteiger partial charge is 0.224 e. The molecule has 0 fully saturated rings. The molecule has 0 aliphatic carbocycles. The van der Waals surface area contributed by atoms with E-state index in [9.17, 15) is 0 Å². The third-order valence-corrected chi connectivity index (χ3v) is 2.34. The van der Waals surface area contributed by atoms with Crippen molar-refractivity contribution in [2.24, 2.45) is 0 Å². The lowest BCUT2D eigenvalue weighted by Crippen LogP contribution is -2.24. The molecule has 5 nitrogen and oxygen atoms in total. The molecule has 0 saturated carbocycles. The van der Waals surface area contributed by atoms with Crippen LogP contribution in [0.1, 0.15) is 19.5 Å². The minimum absolute atomic E-state index is 0.686. The molecule has 0 unspecified atom stereocenters. The van der Waals surface area contributed by atoms with E-state index in [4.69, 9.17) is 4.74 Å². The molecule has 1 aromatic rings. The van der Waals surface area contributed by atoms with Crippen molar-refractivity contribution in [2.75, 3.05) is 43.6 Å². The number of hydrogen-bond acceptors (Lipinski definition) is 5. The van der Waals surface area contributed by atoms with Crippen LogP contribution in [0.4, 0.5) is 11.8 Å². The van der Waals surface area contributed by atoms with E-state index in [1.54, 1.807) is 0 Å². The monoisotopic (exact) mass is 238 g/mol. The zero-order valence-electron chi connectivity index (χ0n) is 11.2. The Morgan fingerprint density at radius 2 is 2.12 bits per heavy atom. The van der Waals surface area contributed by atoms with Gasteiger partial charge in [-0.1, -0.05) is 0 Å². The molecule has 0 spiro atoms. The molecule has 1 heterocycles. The molecule has 5 heteroatoms. The lowest BCUT2D eigenvalue weighted by atomic mass is 10.4. The molecule has 0 saturated heterocycles. The molecule has 0 aromatic carbocycles. The van der Waals surface area contributed by atoms with Crippen LogP contribution < -0.4 is 10.2 Å². The standard InChI is InChI=1S/C12H22N4O/c1-5-13-12-14-10(3)9-11(15-12)16(4)7-8-17-6-2/h9H,5-8H2,1-4H3,(H,13,14,15). The van der Waals surface area contributed by atoms with Crippen molar-refractivity contribution in [3.63, 3.8) is 0 Å². The molecular formula is C12H22N4O. The maximum atomic E-state index is 5.33. The van der Waals surface area contributed by atoms with Gasteiger partial charge in [-0.3, -0.25) is 0 Å².